The van der Waals surface area contributed by atoms with E-state index in [1.54, 1.807) is 0 Å². The van der Waals surface area contributed by atoms with E-state index in [0.717, 1.165) is 18.1 Å². The van der Waals surface area contributed by atoms with Crippen LogP contribution in [-0.4, -0.2) is 17.8 Å². The lowest BCUT2D eigenvalue weighted by atomic mass is 9.60. The molecule has 3 fully saturated rings. The lowest BCUT2D eigenvalue weighted by molar-refractivity contribution is -0.164. The summed E-state index contributed by atoms with van der Waals surface area (Å²) in [6.07, 6.45) is 3.26. The molecule has 21 heavy (non-hydrogen) atoms. The van der Waals surface area contributed by atoms with Gasteiger partial charge < -0.3 is 9.84 Å². The molecular formula is C18H23ClO2. The van der Waals surface area contributed by atoms with Crippen LogP contribution < -0.4 is 0 Å². The minimum Gasteiger partial charge on any atom is -0.392 e. The van der Waals surface area contributed by atoms with Gasteiger partial charge in [-0.3, -0.25) is 0 Å². The van der Waals surface area contributed by atoms with Crippen LogP contribution in [0.25, 0.3) is 0 Å². The Kier molecular flexibility index (Phi) is 2.99. The van der Waals surface area contributed by atoms with E-state index in [0.29, 0.717) is 11.8 Å². The monoisotopic (exact) mass is 306 g/mol. The molecule has 2 bridgehead atoms. The third-order valence-corrected chi connectivity index (χ3v) is 6.89. The van der Waals surface area contributed by atoms with Crippen molar-refractivity contribution in [2.45, 2.75) is 45.3 Å². The summed E-state index contributed by atoms with van der Waals surface area (Å²) in [5.74, 6) is 1.06. The molecular weight excluding hydrogens is 284 g/mol. The number of hydrogen-bond donors (Lipinski definition) is 1. The molecule has 2 saturated carbocycles. The Morgan fingerprint density at radius 3 is 2.62 bits per heavy atom. The van der Waals surface area contributed by atoms with Crippen LogP contribution in [0, 0.1) is 22.7 Å². The molecule has 2 aliphatic carbocycles. The van der Waals surface area contributed by atoms with Crippen LogP contribution in [-0.2, 0) is 4.74 Å². The van der Waals surface area contributed by atoms with Crippen molar-refractivity contribution in [3.8, 4) is 0 Å². The topological polar surface area (TPSA) is 29.5 Å². The molecule has 0 amide bonds. The minimum absolute atomic E-state index is 0.0540. The van der Waals surface area contributed by atoms with Gasteiger partial charge in [-0.15, -0.1) is 0 Å². The predicted octanol–water partition coefficient (Wildman–Crippen LogP) is 4.21. The van der Waals surface area contributed by atoms with Gasteiger partial charge in [0, 0.05) is 17.0 Å². The molecule has 2 nitrogen and oxygen atoms in total. The summed E-state index contributed by atoms with van der Waals surface area (Å²) in [7, 11) is 0. The summed E-state index contributed by atoms with van der Waals surface area (Å²) >= 11 is 6.00. The molecule has 1 aromatic rings. The standard InChI is InChI=1S/C18H23ClO2/c1-17(2)12-9-14-15(11-3-5-13(19)6-4-11)21-8-7-18(14,10-12)16(17)20/h3-6,12,14-16,20H,7-10H2,1-2H3/t12-,14-,15-,16+,18-/m1/s1. The molecule has 0 aromatic heterocycles. The van der Waals surface area contributed by atoms with Gasteiger partial charge in [0.25, 0.3) is 0 Å². The van der Waals surface area contributed by atoms with Gasteiger partial charge in [-0.05, 0) is 54.2 Å². The maximum absolute atomic E-state index is 11.0. The van der Waals surface area contributed by atoms with Crippen LogP contribution >= 0.6 is 11.6 Å². The SMILES string of the molecule is CC1(C)[C@@H]2C[C@@H]3[C@@H](c4ccc(Cl)cc4)OCC[C@]3(C2)[C@H]1O. The Labute approximate surface area is 131 Å². The third kappa shape index (κ3) is 1.79. The quantitative estimate of drug-likeness (QED) is 0.842. The summed E-state index contributed by atoms with van der Waals surface area (Å²) in [6, 6.07) is 8.04. The fourth-order valence-electron chi connectivity index (χ4n) is 5.40. The Hall–Kier alpha value is -0.570. The maximum atomic E-state index is 11.0. The highest BCUT2D eigenvalue weighted by atomic mass is 35.5. The number of fused-ring (bicyclic) bond motifs is 1. The fourth-order valence-corrected chi connectivity index (χ4v) is 5.53. The van der Waals surface area contributed by atoms with Gasteiger partial charge >= 0.3 is 0 Å². The lowest BCUT2D eigenvalue weighted by Gasteiger charge is -2.51. The van der Waals surface area contributed by atoms with E-state index in [1.165, 1.54) is 18.4 Å². The predicted molar refractivity (Wildman–Crippen MR) is 83.2 cm³/mol. The average Bonchev–Trinajstić information content (AvgIpc) is 2.94. The lowest BCUT2D eigenvalue weighted by Crippen LogP contribution is -2.51. The second-order valence-corrected chi connectivity index (χ2v) is 8.23. The number of ether oxygens (including phenoxy) is 1. The molecule has 1 aromatic carbocycles. The van der Waals surface area contributed by atoms with Crippen LogP contribution in [0.3, 0.4) is 0 Å². The number of aliphatic hydroxyl groups excluding tert-OH is 1. The van der Waals surface area contributed by atoms with Crippen molar-refractivity contribution in [1.82, 2.24) is 0 Å². The van der Waals surface area contributed by atoms with Gasteiger partial charge in [-0.25, -0.2) is 0 Å². The van der Waals surface area contributed by atoms with E-state index in [2.05, 4.69) is 26.0 Å². The van der Waals surface area contributed by atoms with Crippen molar-refractivity contribution in [2.75, 3.05) is 6.61 Å². The Morgan fingerprint density at radius 2 is 1.95 bits per heavy atom. The highest BCUT2D eigenvalue weighted by Gasteiger charge is 2.67. The molecule has 3 heteroatoms. The van der Waals surface area contributed by atoms with E-state index in [4.69, 9.17) is 16.3 Å². The molecule has 1 spiro atoms. The molecule has 5 atom stereocenters. The number of halogens is 1. The molecule has 0 radical (unpaired) electrons. The second-order valence-electron chi connectivity index (χ2n) is 7.79. The summed E-state index contributed by atoms with van der Waals surface area (Å²) in [5.41, 5.74) is 1.33. The normalized spacial score (nSPS) is 43.8. The zero-order chi connectivity index (χ0) is 14.8. The minimum atomic E-state index is -0.201. The van der Waals surface area contributed by atoms with Gasteiger partial charge in [0.15, 0.2) is 0 Å². The highest BCUT2D eigenvalue weighted by Crippen LogP contribution is 2.70. The largest absolute Gasteiger partial charge is 0.392 e. The van der Waals surface area contributed by atoms with Crippen LogP contribution in [0.15, 0.2) is 24.3 Å². The average molecular weight is 307 g/mol. The first kappa shape index (κ1) is 14.0. The molecule has 1 saturated heterocycles. The van der Waals surface area contributed by atoms with E-state index in [1.807, 2.05) is 12.1 Å². The molecule has 1 N–H and O–H groups in total. The zero-order valence-electron chi connectivity index (χ0n) is 12.7. The first-order chi connectivity index (χ1) is 9.95. The van der Waals surface area contributed by atoms with Crippen LogP contribution in [0.5, 0.6) is 0 Å². The number of hydrogen-bond acceptors (Lipinski definition) is 2. The highest BCUT2D eigenvalue weighted by molar-refractivity contribution is 6.30. The fraction of sp³-hybridized carbons (Fsp3) is 0.667. The number of benzene rings is 1. The first-order valence-corrected chi connectivity index (χ1v) is 8.38. The molecule has 3 aliphatic rings. The summed E-state index contributed by atoms with van der Waals surface area (Å²) in [6.45, 7) is 5.23. The van der Waals surface area contributed by atoms with Gasteiger partial charge in [0.1, 0.15) is 0 Å². The Bertz CT molecular complexity index is 553. The van der Waals surface area contributed by atoms with E-state index in [-0.39, 0.29) is 23.0 Å². The van der Waals surface area contributed by atoms with Gasteiger partial charge in [-0.2, -0.15) is 0 Å². The summed E-state index contributed by atoms with van der Waals surface area (Å²) < 4.78 is 6.13. The Morgan fingerprint density at radius 1 is 1.24 bits per heavy atom. The van der Waals surface area contributed by atoms with Crippen LogP contribution in [0.1, 0.15) is 44.8 Å². The smallest absolute Gasteiger partial charge is 0.0859 e. The van der Waals surface area contributed by atoms with Crippen LogP contribution in [0.2, 0.25) is 5.02 Å². The number of aliphatic hydroxyl groups is 1. The number of rotatable bonds is 1. The first-order valence-electron chi connectivity index (χ1n) is 8.00. The molecule has 114 valence electrons. The van der Waals surface area contributed by atoms with E-state index in [9.17, 15) is 5.11 Å². The van der Waals surface area contributed by atoms with Crippen molar-refractivity contribution < 1.29 is 9.84 Å². The van der Waals surface area contributed by atoms with E-state index >= 15 is 0 Å². The van der Waals surface area contributed by atoms with Crippen molar-refractivity contribution >= 4 is 11.6 Å². The molecule has 1 aliphatic heterocycles. The van der Waals surface area contributed by atoms with E-state index < -0.39 is 0 Å². The summed E-state index contributed by atoms with van der Waals surface area (Å²) in [5, 5.41) is 11.7. The summed E-state index contributed by atoms with van der Waals surface area (Å²) in [4.78, 5) is 0. The van der Waals surface area contributed by atoms with Crippen LogP contribution in [0.4, 0.5) is 0 Å². The van der Waals surface area contributed by atoms with Crippen molar-refractivity contribution in [1.29, 1.82) is 0 Å². The third-order valence-electron chi connectivity index (χ3n) is 6.63. The van der Waals surface area contributed by atoms with Gasteiger partial charge in [-0.1, -0.05) is 37.6 Å². The molecule has 0 unspecified atom stereocenters. The van der Waals surface area contributed by atoms with Gasteiger partial charge in [0.05, 0.1) is 12.2 Å². The van der Waals surface area contributed by atoms with Gasteiger partial charge in [0.2, 0.25) is 0 Å². The van der Waals surface area contributed by atoms with Crippen molar-refractivity contribution in [2.24, 2.45) is 22.7 Å². The Balaban J connectivity index is 1.70. The molecule has 4 rings (SSSR count). The van der Waals surface area contributed by atoms with Crippen molar-refractivity contribution in [3.63, 3.8) is 0 Å². The van der Waals surface area contributed by atoms with Crippen molar-refractivity contribution in [3.05, 3.63) is 34.9 Å². The zero-order valence-corrected chi connectivity index (χ0v) is 13.4. The maximum Gasteiger partial charge on any atom is 0.0859 e. The molecule has 1 heterocycles. The second kappa shape index (κ2) is 4.47.